The highest BCUT2D eigenvalue weighted by molar-refractivity contribution is 5.87. The molecule has 8 nitrogen and oxygen atoms in total. The zero-order valence-corrected chi connectivity index (χ0v) is 13.7. The molecule has 3 N–H and O–H groups in total. The molecule has 8 heteroatoms. The molecular weight excluding hydrogens is 308 g/mol. The average molecular weight is 332 g/mol. The van der Waals surface area contributed by atoms with Gasteiger partial charge in [0.15, 0.2) is 0 Å². The van der Waals surface area contributed by atoms with Crippen LogP contribution in [0, 0.1) is 0 Å². The molecule has 3 heterocycles. The van der Waals surface area contributed by atoms with Gasteiger partial charge in [-0.05, 0) is 38.2 Å². The molecule has 0 aliphatic carbocycles. The number of carbonyl (C=O) groups is 2. The van der Waals surface area contributed by atoms with E-state index in [4.69, 9.17) is 0 Å². The SMILES string of the molecule is O=C(NC1CCN(c2ncccn2)CC1)N[C@@H]1CCCCNC1=O. The lowest BCUT2D eigenvalue weighted by Crippen LogP contribution is -2.53. The number of nitrogens with one attached hydrogen (secondary N) is 3. The predicted molar refractivity (Wildman–Crippen MR) is 89.6 cm³/mol. The van der Waals surface area contributed by atoms with E-state index in [2.05, 4.69) is 30.8 Å². The molecule has 0 radical (unpaired) electrons. The van der Waals surface area contributed by atoms with Crippen LogP contribution in [0.1, 0.15) is 32.1 Å². The molecule has 0 unspecified atom stereocenters. The second kappa shape index (κ2) is 7.94. The number of anilines is 1. The van der Waals surface area contributed by atoms with Gasteiger partial charge < -0.3 is 20.9 Å². The van der Waals surface area contributed by atoms with Gasteiger partial charge in [-0.3, -0.25) is 4.79 Å². The Morgan fingerprint density at radius 1 is 1.12 bits per heavy atom. The van der Waals surface area contributed by atoms with Crippen molar-refractivity contribution in [2.24, 2.45) is 0 Å². The van der Waals surface area contributed by atoms with Crippen LogP contribution < -0.4 is 20.9 Å². The van der Waals surface area contributed by atoms with E-state index < -0.39 is 6.04 Å². The van der Waals surface area contributed by atoms with Crippen molar-refractivity contribution in [3.05, 3.63) is 18.5 Å². The Hall–Kier alpha value is -2.38. The molecule has 1 aromatic rings. The molecule has 1 atom stereocenters. The van der Waals surface area contributed by atoms with Gasteiger partial charge in [0.1, 0.15) is 6.04 Å². The first-order chi connectivity index (χ1) is 11.7. The Labute approximate surface area is 141 Å². The lowest BCUT2D eigenvalue weighted by molar-refractivity contribution is -0.122. The van der Waals surface area contributed by atoms with Crippen molar-refractivity contribution in [3.8, 4) is 0 Å². The molecule has 0 aromatic carbocycles. The van der Waals surface area contributed by atoms with Crippen molar-refractivity contribution >= 4 is 17.9 Å². The van der Waals surface area contributed by atoms with Gasteiger partial charge in [-0.2, -0.15) is 0 Å². The summed E-state index contributed by atoms with van der Waals surface area (Å²) < 4.78 is 0. The van der Waals surface area contributed by atoms with Gasteiger partial charge >= 0.3 is 6.03 Å². The van der Waals surface area contributed by atoms with Crippen LogP contribution in [0.2, 0.25) is 0 Å². The molecule has 2 fully saturated rings. The molecule has 3 rings (SSSR count). The maximum absolute atomic E-state index is 12.1. The average Bonchev–Trinajstić information content (AvgIpc) is 2.81. The summed E-state index contributed by atoms with van der Waals surface area (Å²) in [7, 11) is 0. The van der Waals surface area contributed by atoms with Crippen molar-refractivity contribution in [3.63, 3.8) is 0 Å². The van der Waals surface area contributed by atoms with Crippen molar-refractivity contribution in [2.45, 2.75) is 44.2 Å². The molecule has 3 amide bonds. The van der Waals surface area contributed by atoms with Crippen LogP contribution in [-0.2, 0) is 4.79 Å². The molecule has 0 bridgehead atoms. The molecule has 0 saturated carbocycles. The Kier molecular flexibility index (Phi) is 5.45. The summed E-state index contributed by atoms with van der Waals surface area (Å²) in [5.74, 6) is 0.647. The first kappa shape index (κ1) is 16.5. The van der Waals surface area contributed by atoms with E-state index in [0.717, 1.165) is 44.7 Å². The number of aromatic nitrogens is 2. The highest BCUT2D eigenvalue weighted by Gasteiger charge is 2.25. The summed E-state index contributed by atoms with van der Waals surface area (Å²) in [5, 5.41) is 8.61. The highest BCUT2D eigenvalue weighted by atomic mass is 16.2. The summed E-state index contributed by atoms with van der Waals surface area (Å²) in [5.41, 5.74) is 0. The maximum Gasteiger partial charge on any atom is 0.315 e. The van der Waals surface area contributed by atoms with E-state index in [0.29, 0.717) is 13.0 Å². The first-order valence-corrected chi connectivity index (χ1v) is 8.59. The lowest BCUT2D eigenvalue weighted by Gasteiger charge is -2.32. The Morgan fingerprint density at radius 3 is 2.62 bits per heavy atom. The minimum Gasteiger partial charge on any atom is -0.354 e. The van der Waals surface area contributed by atoms with E-state index in [-0.39, 0.29) is 18.0 Å². The molecule has 2 saturated heterocycles. The minimum absolute atomic E-state index is 0.0845. The summed E-state index contributed by atoms with van der Waals surface area (Å²) in [6.45, 7) is 2.30. The van der Waals surface area contributed by atoms with Gasteiger partial charge in [0.05, 0.1) is 0 Å². The monoisotopic (exact) mass is 332 g/mol. The van der Waals surface area contributed by atoms with Crippen molar-refractivity contribution < 1.29 is 9.59 Å². The number of amides is 3. The third-order valence-corrected chi connectivity index (χ3v) is 4.51. The van der Waals surface area contributed by atoms with Crippen LogP contribution in [0.25, 0.3) is 0 Å². The number of piperidine rings is 1. The van der Waals surface area contributed by atoms with Crippen LogP contribution in [0.5, 0.6) is 0 Å². The molecular formula is C16H24N6O2. The topological polar surface area (TPSA) is 99.2 Å². The van der Waals surface area contributed by atoms with Crippen LogP contribution in [0.3, 0.4) is 0 Å². The van der Waals surface area contributed by atoms with Crippen molar-refractivity contribution in [2.75, 3.05) is 24.5 Å². The van der Waals surface area contributed by atoms with E-state index in [1.54, 1.807) is 18.5 Å². The van der Waals surface area contributed by atoms with E-state index in [1.165, 1.54) is 0 Å². The zero-order valence-electron chi connectivity index (χ0n) is 13.7. The number of hydrogen-bond donors (Lipinski definition) is 3. The number of rotatable bonds is 3. The van der Waals surface area contributed by atoms with Crippen LogP contribution >= 0.6 is 0 Å². The van der Waals surface area contributed by atoms with Crippen LogP contribution in [-0.4, -0.2) is 53.6 Å². The fourth-order valence-electron chi connectivity index (χ4n) is 3.14. The van der Waals surface area contributed by atoms with E-state index >= 15 is 0 Å². The smallest absolute Gasteiger partial charge is 0.315 e. The van der Waals surface area contributed by atoms with E-state index in [9.17, 15) is 9.59 Å². The quantitative estimate of drug-likeness (QED) is 0.745. The summed E-state index contributed by atoms with van der Waals surface area (Å²) in [6, 6.07) is 1.22. The summed E-state index contributed by atoms with van der Waals surface area (Å²) >= 11 is 0. The van der Waals surface area contributed by atoms with Crippen molar-refractivity contribution in [1.82, 2.24) is 25.9 Å². The van der Waals surface area contributed by atoms with Gasteiger partial charge in [0, 0.05) is 38.1 Å². The molecule has 1 aromatic heterocycles. The van der Waals surface area contributed by atoms with Crippen molar-refractivity contribution in [1.29, 1.82) is 0 Å². The van der Waals surface area contributed by atoms with E-state index in [1.807, 2.05) is 0 Å². The standard InChI is InChI=1S/C16H24N6O2/c23-14-13(4-1-2-7-17-14)21-16(24)20-12-5-10-22(11-6-12)15-18-8-3-9-19-15/h3,8-9,12-13H,1-2,4-7,10-11H2,(H,17,23)(H2,20,21,24)/t13-/m1/s1. The van der Waals surface area contributed by atoms with Crippen LogP contribution in [0.15, 0.2) is 18.5 Å². The molecule has 130 valence electrons. The Bertz CT molecular complexity index is 559. The Morgan fingerprint density at radius 2 is 1.88 bits per heavy atom. The molecule has 24 heavy (non-hydrogen) atoms. The van der Waals surface area contributed by atoms with Gasteiger partial charge in [-0.1, -0.05) is 0 Å². The lowest BCUT2D eigenvalue weighted by atomic mass is 10.1. The largest absolute Gasteiger partial charge is 0.354 e. The summed E-state index contributed by atoms with van der Waals surface area (Å²) in [6.07, 6.45) is 7.74. The predicted octanol–water partition coefficient (Wildman–Crippen LogP) is 0.413. The summed E-state index contributed by atoms with van der Waals surface area (Å²) in [4.78, 5) is 34.6. The van der Waals surface area contributed by atoms with Gasteiger partial charge in [-0.15, -0.1) is 0 Å². The fourth-order valence-corrected chi connectivity index (χ4v) is 3.14. The van der Waals surface area contributed by atoms with Gasteiger partial charge in [0.25, 0.3) is 0 Å². The number of carbonyl (C=O) groups excluding carboxylic acids is 2. The number of urea groups is 1. The maximum atomic E-state index is 12.1. The van der Waals surface area contributed by atoms with Gasteiger partial charge in [0.2, 0.25) is 11.9 Å². The second-order valence-electron chi connectivity index (χ2n) is 6.27. The normalized spacial score (nSPS) is 22.4. The second-order valence-corrected chi connectivity index (χ2v) is 6.27. The highest BCUT2D eigenvalue weighted by Crippen LogP contribution is 2.15. The fraction of sp³-hybridized carbons (Fsp3) is 0.625. The minimum atomic E-state index is -0.426. The van der Waals surface area contributed by atoms with Gasteiger partial charge in [-0.25, -0.2) is 14.8 Å². The molecule has 0 spiro atoms. The molecule has 2 aliphatic rings. The number of hydrogen-bond acceptors (Lipinski definition) is 5. The van der Waals surface area contributed by atoms with Crippen LogP contribution in [0.4, 0.5) is 10.7 Å². The Balaban J connectivity index is 1.44. The zero-order chi connectivity index (χ0) is 16.8. The molecule has 2 aliphatic heterocycles. The number of nitrogens with zero attached hydrogens (tertiary/aromatic N) is 3. The third kappa shape index (κ3) is 4.33. The first-order valence-electron chi connectivity index (χ1n) is 8.59. The third-order valence-electron chi connectivity index (χ3n) is 4.51.